The summed E-state index contributed by atoms with van der Waals surface area (Å²) in [5.74, 6) is 0.356. The van der Waals surface area contributed by atoms with Gasteiger partial charge in [-0.3, -0.25) is 4.79 Å². The minimum atomic E-state index is 0.0934. The lowest BCUT2D eigenvalue weighted by Crippen LogP contribution is -2.25. The van der Waals surface area contributed by atoms with Crippen molar-refractivity contribution in [2.45, 2.75) is 51.9 Å². The van der Waals surface area contributed by atoms with E-state index >= 15 is 0 Å². The summed E-state index contributed by atoms with van der Waals surface area (Å²) < 4.78 is 0. The molecule has 0 radical (unpaired) electrons. The lowest BCUT2D eigenvalue weighted by atomic mass is 10.1. The second-order valence-electron chi connectivity index (χ2n) is 6.15. The van der Waals surface area contributed by atoms with Gasteiger partial charge in [-0.05, 0) is 49.4 Å². The smallest absolute Gasteiger partial charge is 0.220 e. The van der Waals surface area contributed by atoms with E-state index < -0.39 is 0 Å². The molecule has 2 rings (SSSR count). The highest BCUT2D eigenvalue weighted by Gasteiger charge is 2.05. The Hall–Kier alpha value is -2.23. The van der Waals surface area contributed by atoms with E-state index in [1.807, 2.05) is 12.3 Å². The molecule has 0 fully saturated rings. The number of aromatic amines is 1. The fourth-order valence-corrected chi connectivity index (χ4v) is 2.76. The van der Waals surface area contributed by atoms with Gasteiger partial charge in [-0.25, -0.2) is 0 Å². The van der Waals surface area contributed by atoms with Crippen molar-refractivity contribution >= 4 is 16.8 Å². The Morgan fingerprint density at radius 1 is 1.25 bits per heavy atom. The second-order valence-corrected chi connectivity index (χ2v) is 6.15. The highest BCUT2D eigenvalue weighted by atomic mass is 16.3. The van der Waals surface area contributed by atoms with Crippen molar-refractivity contribution in [2.24, 2.45) is 0 Å². The maximum absolute atomic E-state index is 11.8. The van der Waals surface area contributed by atoms with Crippen LogP contribution >= 0.6 is 0 Å². The van der Waals surface area contributed by atoms with Crippen LogP contribution in [-0.4, -0.2) is 22.5 Å². The van der Waals surface area contributed by atoms with Crippen LogP contribution in [0, 0.1) is 0 Å². The summed E-state index contributed by atoms with van der Waals surface area (Å²) in [6, 6.07) is 5.28. The number of phenolic OH excluding ortho intramolecular Hbond substituents is 1. The number of aromatic nitrogens is 1. The van der Waals surface area contributed by atoms with Gasteiger partial charge in [0.25, 0.3) is 0 Å². The van der Waals surface area contributed by atoms with Gasteiger partial charge in [0.15, 0.2) is 0 Å². The maximum Gasteiger partial charge on any atom is 0.220 e. The molecule has 4 heteroatoms. The number of benzene rings is 1. The molecule has 0 unspecified atom stereocenters. The van der Waals surface area contributed by atoms with E-state index in [0.29, 0.717) is 13.0 Å². The first-order valence-corrected chi connectivity index (χ1v) is 8.91. The molecule has 0 spiro atoms. The molecule has 130 valence electrons. The number of carbonyl (C=O) groups is 1. The summed E-state index contributed by atoms with van der Waals surface area (Å²) in [6.45, 7) is 2.81. The number of unbranched alkanes of at least 4 members (excludes halogenated alkanes) is 3. The zero-order valence-electron chi connectivity index (χ0n) is 14.5. The molecule has 24 heavy (non-hydrogen) atoms. The Balaban J connectivity index is 1.66. The average molecular weight is 328 g/mol. The normalized spacial score (nSPS) is 11.4. The molecule has 1 heterocycles. The summed E-state index contributed by atoms with van der Waals surface area (Å²) >= 11 is 0. The van der Waals surface area contributed by atoms with Gasteiger partial charge in [-0.15, -0.1) is 0 Å². The molecule has 1 amide bonds. The second kappa shape index (κ2) is 9.81. The zero-order chi connectivity index (χ0) is 17.2. The van der Waals surface area contributed by atoms with Gasteiger partial charge in [-0.1, -0.05) is 31.9 Å². The molecule has 0 saturated heterocycles. The number of phenols is 1. The summed E-state index contributed by atoms with van der Waals surface area (Å²) in [5, 5.41) is 13.6. The third kappa shape index (κ3) is 5.76. The lowest BCUT2D eigenvalue weighted by Gasteiger charge is -2.04. The Bertz CT molecular complexity index is 673. The Labute approximate surface area is 144 Å². The first-order chi connectivity index (χ1) is 11.7. The topological polar surface area (TPSA) is 65.1 Å². The molecule has 1 aromatic heterocycles. The Morgan fingerprint density at radius 2 is 2.08 bits per heavy atom. The first-order valence-electron chi connectivity index (χ1n) is 8.91. The third-order valence-electron chi connectivity index (χ3n) is 4.15. The van der Waals surface area contributed by atoms with E-state index in [2.05, 4.69) is 29.4 Å². The minimum absolute atomic E-state index is 0.0934. The molecular weight excluding hydrogens is 300 g/mol. The molecule has 0 saturated carbocycles. The largest absolute Gasteiger partial charge is 0.508 e. The van der Waals surface area contributed by atoms with Gasteiger partial charge in [0.1, 0.15) is 5.75 Å². The number of rotatable bonds is 10. The van der Waals surface area contributed by atoms with Crippen LogP contribution in [0.3, 0.4) is 0 Å². The van der Waals surface area contributed by atoms with Gasteiger partial charge in [0.2, 0.25) is 5.91 Å². The average Bonchev–Trinajstić information content (AvgIpc) is 2.96. The van der Waals surface area contributed by atoms with Gasteiger partial charge in [0, 0.05) is 30.1 Å². The molecular formula is C20H28N2O2. The number of hydrogen-bond donors (Lipinski definition) is 3. The predicted molar refractivity (Wildman–Crippen MR) is 99.2 cm³/mol. The van der Waals surface area contributed by atoms with E-state index in [-0.39, 0.29) is 11.7 Å². The van der Waals surface area contributed by atoms with Gasteiger partial charge in [-0.2, -0.15) is 0 Å². The van der Waals surface area contributed by atoms with Crippen molar-refractivity contribution in [3.8, 4) is 5.75 Å². The SMILES string of the molecule is CCCCCC=CCCC(=O)NCCc1c[nH]c2ccc(O)cc12. The van der Waals surface area contributed by atoms with E-state index in [9.17, 15) is 9.90 Å². The van der Waals surface area contributed by atoms with Crippen LogP contribution < -0.4 is 5.32 Å². The fourth-order valence-electron chi connectivity index (χ4n) is 2.76. The molecule has 4 nitrogen and oxygen atoms in total. The van der Waals surface area contributed by atoms with Crippen LogP contribution in [0.2, 0.25) is 0 Å². The van der Waals surface area contributed by atoms with E-state index in [1.165, 1.54) is 19.3 Å². The lowest BCUT2D eigenvalue weighted by molar-refractivity contribution is -0.120. The number of nitrogens with one attached hydrogen (secondary N) is 2. The van der Waals surface area contributed by atoms with Crippen molar-refractivity contribution in [1.82, 2.24) is 10.3 Å². The van der Waals surface area contributed by atoms with Crippen molar-refractivity contribution < 1.29 is 9.90 Å². The van der Waals surface area contributed by atoms with Gasteiger partial charge >= 0.3 is 0 Å². The Kier molecular flexibility index (Phi) is 7.40. The molecule has 3 N–H and O–H groups in total. The fraction of sp³-hybridized carbons (Fsp3) is 0.450. The Morgan fingerprint density at radius 3 is 2.92 bits per heavy atom. The van der Waals surface area contributed by atoms with Crippen LogP contribution in [0.1, 0.15) is 51.0 Å². The van der Waals surface area contributed by atoms with Gasteiger partial charge in [0.05, 0.1) is 0 Å². The van der Waals surface area contributed by atoms with Crippen LogP contribution in [0.15, 0.2) is 36.5 Å². The third-order valence-corrected chi connectivity index (χ3v) is 4.15. The molecule has 0 aliphatic carbocycles. The quantitative estimate of drug-likeness (QED) is 0.445. The first kappa shape index (κ1) is 18.1. The van der Waals surface area contributed by atoms with Crippen molar-refractivity contribution in [2.75, 3.05) is 6.54 Å². The standard InChI is InChI=1S/C20H28N2O2/c1-2-3-4-5-6-7-8-9-20(24)21-13-12-16-15-22-19-11-10-17(23)14-18(16)19/h6-7,10-11,14-15,22-23H,2-5,8-9,12-13H2,1H3,(H,21,24). The van der Waals surface area contributed by atoms with Crippen LogP contribution in [0.4, 0.5) is 0 Å². The number of hydrogen-bond acceptors (Lipinski definition) is 2. The summed E-state index contributed by atoms with van der Waals surface area (Å²) in [6.07, 6.45) is 13.2. The molecule has 0 aliphatic heterocycles. The molecule has 0 bridgehead atoms. The maximum atomic E-state index is 11.8. The number of carbonyl (C=O) groups excluding carboxylic acids is 1. The van der Waals surface area contributed by atoms with E-state index in [4.69, 9.17) is 0 Å². The highest BCUT2D eigenvalue weighted by Crippen LogP contribution is 2.22. The zero-order valence-corrected chi connectivity index (χ0v) is 14.5. The number of amides is 1. The summed E-state index contributed by atoms with van der Waals surface area (Å²) in [4.78, 5) is 15.0. The van der Waals surface area contributed by atoms with Crippen molar-refractivity contribution in [1.29, 1.82) is 0 Å². The molecule has 2 aromatic rings. The molecule has 0 aliphatic rings. The molecule has 0 atom stereocenters. The van der Waals surface area contributed by atoms with Crippen LogP contribution in [0.25, 0.3) is 10.9 Å². The number of fused-ring (bicyclic) bond motifs is 1. The van der Waals surface area contributed by atoms with Crippen molar-refractivity contribution in [3.63, 3.8) is 0 Å². The van der Waals surface area contributed by atoms with E-state index in [1.54, 1.807) is 12.1 Å². The van der Waals surface area contributed by atoms with Crippen molar-refractivity contribution in [3.05, 3.63) is 42.1 Å². The predicted octanol–water partition coefficient (Wildman–Crippen LogP) is 4.45. The number of H-pyrrole nitrogens is 1. The minimum Gasteiger partial charge on any atom is -0.508 e. The monoisotopic (exact) mass is 328 g/mol. The van der Waals surface area contributed by atoms with Gasteiger partial charge < -0.3 is 15.4 Å². The van der Waals surface area contributed by atoms with Crippen LogP contribution in [0.5, 0.6) is 5.75 Å². The number of allylic oxidation sites excluding steroid dienone is 2. The van der Waals surface area contributed by atoms with Crippen LogP contribution in [-0.2, 0) is 11.2 Å². The molecule has 1 aromatic carbocycles. The summed E-state index contributed by atoms with van der Waals surface area (Å²) in [5.41, 5.74) is 2.11. The van der Waals surface area contributed by atoms with E-state index in [0.717, 1.165) is 35.7 Å². The summed E-state index contributed by atoms with van der Waals surface area (Å²) in [7, 11) is 0. The highest BCUT2D eigenvalue weighted by molar-refractivity contribution is 5.84. The number of aromatic hydroxyl groups is 1.